The van der Waals surface area contributed by atoms with Crippen molar-refractivity contribution in [2.45, 2.75) is 31.5 Å². The number of rotatable bonds is 2. The summed E-state index contributed by atoms with van der Waals surface area (Å²) in [7, 11) is 4.37. The quantitative estimate of drug-likeness (QED) is 0.653. The Morgan fingerprint density at radius 1 is 0.857 bits per heavy atom. The number of piperidine rings is 1. The van der Waals surface area contributed by atoms with Crippen molar-refractivity contribution >= 4 is 0 Å². The lowest BCUT2D eigenvalue weighted by Gasteiger charge is -2.30. The fraction of sp³-hybridized carbons (Fsp3) is 1.00. The summed E-state index contributed by atoms with van der Waals surface area (Å²) in [6, 6.07) is 0. The van der Waals surface area contributed by atoms with Crippen LogP contribution in [0.3, 0.4) is 0 Å². The molecule has 2 rings (SSSR count). The molecular formula is C11H22N2O. The number of likely N-dealkylation sites (N-methyl/N-ethyl adjacent to an activating group) is 1. The molecule has 0 aromatic carbocycles. The summed E-state index contributed by atoms with van der Waals surface area (Å²) in [4.78, 5) is 4.75. The van der Waals surface area contributed by atoms with E-state index in [0.29, 0.717) is 12.2 Å². The van der Waals surface area contributed by atoms with Crippen LogP contribution in [0.2, 0.25) is 0 Å². The summed E-state index contributed by atoms with van der Waals surface area (Å²) in [5, 5.41) is 0. The van der Waals surface area contributed by atoms with E-state index in [2.05, 4.69) is 23.9 Å². The molecule has 0 spiro atoms. The van der Waals surface area contributed by atoms with Crippen molar-refractivity contribution in [1.82, 2.24) is 9.80 Å². The molecule has 0 saturated carbocycles. The van der Waals surface area contributed by atoms with Crippen LogP contribution in [0.1, 0.15) is 19.3 Å². The molecule has 2 fully saturated rings. The lowest BCUT2D eigenvalue weighted by atomic mass is 10.1. The average molecular weight is 198 g/mol. The molecule has 2 aliphatic heterocycles. The van der Waals surface area contributed by atoms with Gasteiger partial charge in [-0.15, -0.1) is 0 Å². The summed E-state index contributed by atoms with van der Waals surface area (Å²) >= 11 is 0. The van der Waals surface area contributed by atoms with Crippen molar-refractivity contribution in [3.8, 4) is 0 Å². The number of ether oxygens (including phenoxy) is 1. The number of hydrogen-bond acceptors (Lipinski definition) is 3. The summed E-state index contributed by atoms with van der Waals surface area (Å²) in [5.41, 5.74) is 0. The normalized spacial score (nSPS) is 32.6. The van der Waals surface area contributed by atoms with E-state index >= 15 is 0 Å². The lowest BCUT2D eigenvalue weighted by molar-refractivity contribution is -0.0335. The predicted octanol–water partition coefficient (Wildman–Crippen LogP) is 0.801. The highest BCUT2D eigenvalue weighted by Gasteiger charge is 2.25. The molecule has 3 nitrogen and oxygen atoms in total. The smallest absolute Gasteiger partial charge is 0.0717 e. The highest BCUT2D eigenvalue weighted by molar-refractivity contribution is 4.77. The number of likely N-dealkylation sites (tertiary alicyclic amines) is 2. The molecule has 0 aromatic heterocycles. The van der Waals surface area contributed by atoms with Gasteiger partial charge < -0.3 is 14.5 Å². The van der Waals surface area contributed by atoms with Gasteiger partial charge in [0.15, 0.2) is 0 Å². The minimum atomic E-state index is 0.508. The Morgan fingerprint density at radius 3 is 2.00 bits per heavy atom. The van der Waals surface area contributed by atoms with Gasteiger partial charge in [0.25, 0.3) is 0 Å². The van der Waals surface area contributed by atoms with E-state index in [1.165, 1.54) is 38.9 Å². The maximum absolute atomic E-state index is 6.10. The highest BCUT2D eigenvalue weighted by atomic mass is 16.5. The Balaban J connectivity index is 1.70. The predicted molar refractivity (Wildman–Crippen MR) is 57.5 cm³/mol. The summed E-state index contributed by atoms with van der Waals surface area (Å²) < 4.78 is 6.10. The lowest BCUT2D eigenvalue weighted by Crippen LogP contribution is -2.36. The van der Waals surface area contributed by atoms with Crippen LogP contribution in [0.25, 0.3) is 0 Å². The second kappa shape index (κ2) is 4.60. The van der Waals surface area contributed by atoms with Crippen molar-refractivity contribution in [2.24, 2.45) is 0 Å². The maximum atomic E-state index is 6.10. The van der Waals surface area contributed by atoms with E-state index in [9.17, 15) is 0 Å². The van der Waals surface area contributed by atoms with Gasteiger partial charge in [-0.25, -0.2) is 0 Å². The zero-order valence-electron chi connectivity index (χ0n) is 9.41. The zero-order chi connectivity index (χ0) is 9.97. The van der Waals surface area contributed by atoms with Crippen LogP contribution in [-0.4, -0.2) is 62.3 Å². The highest BCUT2D eigenvalue weighted by Crippen LogP contribution is 2.18. The zero-order valence-corrected chi connectivity index (χ0v) is 9.41. The fourth-order valence-corrected chi connectivity index (χ4v) is 2.40. The minimum absolute atomic E-state index is 0.508. The van der Waals surface area contributed by atoms with Gasteiger partial charge in [0.05, 0.1) is 12.2 Å². The van der Waals surface area contributed by atoms with Crippen molar-refractivity contribution < 1.29 is 4.74 Å². The van der Waals surface area contributed by atoms with E-state index in [-0.39, 0.29) is 0 Å². The van der Waals surface area contributed by atoms with Crippen LogP contribution in [0.5, 0.6) is 0 Å². The van der Waals surface area contributed by atoms with Gasteiger partial charge in [-0.2, -0.15) is 0 Å². The van der Waals surface area contributed by atoms with Gasteiger partial charge in [-0.1, -0.05) is 0 Å². The molecule has 2 heterocycles. The van der Waals surface area contributed by atoms with Crippen LogP contribution in [0.15, 0.2) is 0 Å². The molecule has 1 atom stereocenters. The molecule has 2 saturated heterocycles. The molecule has 0 radical (unpaired) electrons. The van der Waals surface area contributed by atoms with Crippen LogP contribution in [0, 0.1) is 0 Å². The molecule has 0 N–H and O–H groups in total. The van der Waals surface area contributed by atoms with E-state index in [0.717, 1.165) is 6.54 Å². The average Bonchev–Trinajstić information content (AvgIpc) is 2.56. The van der Waals surface area contributed by atoms with E-state index < -0.39 is 0 Å². The van der Waals surface area contributed by atoms with Gasteiger partial charge in [0.2, 0.25) is 0 Å². The standard InChI is InChI=1S/C11H22N2O/c1-12-6-3-10(4-7-12)14-11-5-8-13(2)9-11/h10-11H,3-9H2,1-2H3. The Morgan fingerprint density at radius 2 is 1.43 bits per heavy atom. The topological polar surface area (TPSA) is 15.7 Å². The van der Waals surface area contributed by atoms with Crippen LogP contribution in [-0.2, 0) is 4.74 Å². The van der Waals surface area contributed by atoms with Gasteiger partial charge in [0, 0.05) is 26.2 Å². The molecule has 1 unspecified atom stereocenters. The molecule has 82 valence electrons. The molecule has 2 aliphatic rings. The third-order valence-corrected chi connectivity index (χ3v) is 3.40. The molecule has 3 heteroatoms. The first-order chi connectivity index (χ1) is 6.74. The first-order valence-corrected chi connectivity index (χ1v) is 5.76. The number of hydrogen-bond donors (Lipinski definition) is 0. The summed E-state index contributed by atoms with van der Waals surface area (Å²) in [5.74, 6) is 0. The molecular weight excluding hydrogens is 176 g/mol. The Labute approximate surface area is 87.0 Å². The van der Waals surface area contributed by atoms with Crippen molar-refractivity contribution in [1.29, 1.82) is 0 Å². The van der Waals surface area contributed by atoms with Crippen LogP contribution < -0.4 is 0 Å². The summed E-state index contributed by atoms with van der Waals surface area (Å²) in [6.07, 6.45) is 4.70. The first kappa shape index (κ1) is 10.4. The second-order valence-electron chi connectivity index (χ2n) is 4.81. The third-order valence-electron chi connectivity index (χ3n) is 3.40. The van der Waals surface area contributed by atoms with Crippen molar-refractivity contribution in [3.05, 3.63) is 0 Å². The SMILES string of the molecule is CN1CCC(OC2CCN(C)C2)CC1. The van der Waals surface area contributed by atoms with Gasteiger partial charge in [0.1, 0.15) is 0 Å². The molecule has 0 bridgehead atoms. The fourth-order valence-electron chi connectivity index (χ4n) is 2.40. The van der Waals surface area contributed by atoms with Gasteiger partial charge >= 0.3 is 0 Å². The van der Waals surface area contributed by atoms with Crippen LogP contribution >= 0.6 is 0 Å². The van der Waals surface area contributed by atoms with Crippen LogP contribution in [0.4, 0.5) is 0 Å². The van der Waals surface area contributed by atoms with E-state index in [4.69, 9.17) is 4.74 Å². The summed E-state index contributed by atoms with van der Waals surface area (Å²) in [6.45, 7) is 4.74. The largest absolute Gasteiger partial charge is 0.374 e. The number of nitrogens with zero attached hydrogens (tertiary/aromatic N) is 2. The molecule has 0 amide bonds. The monoisotopic (exact) mass is 198 g/mol. The van der Waals surface area contributed by atoms with Crippen molar-refractivity contribution in [2.75, 3.05) is 40.3 Å². The van der Waals surface area contributed by atoms with E-state index in [1.807, 2.05) is 0 Å². The Hall–Kier alpha value is -0.120. The Bertz CT molecular complexity index is 178. The Kier molecular flexibility index (Phi) is 3.42. The van der Waals surface area contributed by atoms with Gasteiger partial charge in [-0.05, 0) is 33.4 Å². The molecule has 0 aromatic rings. The second-order valence-corrected chi connectivity index (χ2v) is 4.81. The van der Waals surface area contributed by atoms with Crippen molar-refractivity contribution in [3.63, 3.8) is 0 Å². The van der Waals surface area contributed by atoms with E-state index in [1.54, 1.807) is 0 Å². The van der Waals surface area contributed by atoms with Gasteiger partial charge in [-0.3, -0.25) is 0 Å². The molecule has 14 heavy (non-hydrogen) atoms. The molecule has 0 aliphatic carbocycles. The maximum Gasteiger partial charge on any atom is 0.0717 e. The third kappa shape index (κ3) is 2.69. The first-order valence-electron chi connectivity index (χ1n) is 5.76. The minimum Gasteiger partial charge on any atom is -0.374 e.